The van der Waals surface area contributed by atoms with Crippen molar-refractivity contribution in [3.63, 3.8) is 0 Å². The molecule has 0 atom stereocenters. The highest BCUT2D eigenvalue weighted by molar-refractivity contribution is 5.82. The van der Waals surface area contributed by atoms with Gasteiger partial charge in [0.25, 0.3) is 0 Å². The summed E-state index contributed by atoms with van der Waals surface area (Å²) in [4.78, 5) is 13.0. The molecule has 0 unspecified atom stereocenters. The summed E-state index contributed by atoms with van der Waals surface area (Å²) in [6, 6.07) is 0. The van der Waals surface area contributed by atoms with E-state index in [1.165, 1.54) is 0 Å². The number of Topliss-reactive ketones (excluding diaryl/α,β-unsaturated/α-hetero) is 1. The van der Waals surface area contributed by atoms with Crippen LogP contribution in [-0.4, -0.2) is 43.0 Å². The van der Waals surface area contributed by atoms with E-state index >= 15 is 0 Å². The van der Waals surface area contributed by atoms with E-state index in [0.29, 0.717) is 18.4 Å². The first-order valence-electron chi connectivity index (χ1n) is 4.54. The summed E-state index contributed by atoms with van der Waals surface area (Å²) in [6.07, 6.45) is 1.02. The summed E-state index contributed by atoms with van der Waals surface area (Å²) in [7, 11) is 0. The summed E-state index contributed by atoms with van der Waals surface area (Å²) in [5.41, 5.74) is 0. The number of carbonyl (C=O) groups excluding carboxylic acids is 1. The molecule has 0 amide bonds. The van der Waals surface area contributed by atoms with Crippen LogP contribution < -0.4 is 0 Å². The van der Waals surface area contributed by atoms with Crippen molar-refractivity contribution in [2.45, 2.75) is 26.4 Å². The first kappa shape index (κ1) is 9.68. The standard InChI is InChI=1S/C9H17NO2/c1-8(2)12-6-5-10-4-3-9(11)7-10/h8H,3-7H2,1-2H3. The number of nitrogens with zero attached hydrogens (tertiary/aromatic N) is 1. The van der Waals surface area contributed by atoms with E-state index in [0.717, 1.165) is 26.1 Å². The normalized spacial score (nSPS) is 19.4. The summed E-state index contributed by atoms with van der Waals surface area (Å²) in [5, 5.41) is 0. The number of carbonyl (C=O) groups is 1. The number of ketones is 1. The highest BCUT2D eigenvalue weighted by Crippen LogP contribution is 2.03. The predicted octanol–water partition coefficient (Wildman–Crippen LogP) is 0.686. The number of hydrogen-bond acceptors (Lipinski definition) is 3. The molecule has 0 aromatic heterocycles. The van der Waals surface area contributed by atoms with Crippen molar-refractivity contribution in [2.24, 2.45) is 0 Å². The molecule has 1 heterocycles. The molecule has 0 spiro atoms. The van der Waals surface area contributed by atoms with Crippen LogP contribution in [0.15, 0.2) is 0 Å². The minimum Gasteiger partial charge on any atom is -0.377 e. The van der Waals surface area contributed by atoms with Crippen LogP contribution in [0.2, 0.25) is 0 Å². The monoisotopic (exact) mass is 171 g/mol. The van der Waals surface area contributed by atoms with E-state index in [1.54, 1.807) is 0 Å². The van der Waals surface area contributed by atoms with Crippen LogP contribution in [0.4, 0.5) is 0 Å². The van der Waals surface area contributed by atoms with Gasteiger partial charge in [-0.15, -0.1) is 0 Å². The lowest BCUT2D eigenvalue weighted by molar-refractivity contribution is -0.116. The van der Waals surface area contributed by atoms with Gasteiger partial charge in [-0.1, -0.05) is 0 Å². The molecular formula is C9H17NO2. The molecule has 1 saturated heterocycles. The Bertz CT molecular complexity index is 157. The largest absolute Gasteiger partial charge is 0.377 e. The molecule has 1 rings (SSSR count). The van der Waals surface area contributed by atoms with Crippen LogP contribution in [0.5, 0.6) is 0 Å². The van der Waals surface area contributed by atoms with E-state index < -0.39 is 0 Å². The van der Waals surface area contributed by atoms with E-state index in [-0.39, 0.29) is 0 Å². The van der Waals surface area contributed by atoms with Crippen LogP contribution in [0.1, 0.15) is 20.3 Å². The van der Waals surface area contributed by atoms with Crippen molar-refractivity contribution < 1.29 is 9.53 Å². The Balaban J connectivity index is 2.04. The van der Waals surface area contributed by atoms with Gasteiger partial charge in [-0.05, 0) is 13.8 Å². The molecule has 3 nitrogen and oxygen atoms in total. The molecule has 0 aromatic carbocycles. The zero-order chi connectivity index (χ0) is 8.97. The van der Waals surface area contributed by atoms with Crippen molar-refractivity contribution in [1.29, 1.82) is 0 Å². The highest BCUT2D eigenvalue weighted by atomic mass is 16.5. The van der Waals surface area contributed by atoms with E-state index in [1.807, 2.05) is 13.8 Å². The van der Waals surface area contributed by atoms with E-state index in [4.69, 9.17) is 4.74 Å². The smallest absolute Gasteiger partial charge is 0.148 e. The van der Waals surface area contributed by atoms with Crippen LogP contribution >= 0.6 is 0 Å². The van der Waals surface area contributed by atoms with Crippen LogP contribution in [0, 0.1) is 0 Å². The molecule has 12 heavy (non-hydrogen) atoms. The van der Waals surface area contributed by atoms with Crippen molar-refractivity contribution in [2.75, 3.05) is 26.2 Å². The molecule has 0 N–H and O–H groups in total. The van der Waals surface area contributed by atoms with Crippen molar-refractivity contribution in [3.05, 3.63) is 0 Å². The van der Waals surface area contributed by atoms with Gasteiger partial charge in [0.15, 0.2) is 0 Å². The first-order valence-corrected chi connectivity index (χ1v) is 4.54. The maximum absolute atomic E-state index is 10.9. The molecule has 70 valence electrons. The maximum Gasteiger partial charge on any atom is 0.148 e. The topological polar surface area (TPSA) is 29.5 Å². The maximum atomic E-state index is 10.9. The second-order valence-corrected chi connectivity index (χ2v) is 3.48. The van der Waals surface area contributed by atoms with E-state index in [2.05, 4.69) is 4.90 Å². The van der Waals surface area contributed by atoms with Gasteiger partial charge < -0.3 is 4.74 Å². The average Bonchev–Trinajstić information content (AvgIpc) is 2.35. The molecule has 0 aliphatic carbocycles. The SMILES string of the molecule is CC(C)OCCN1CCC(=O)C1. The minimum absolute atomic E-state index is 0.295. The lowest BCUT2D eigenvalue weighted by Crippen LogP contribution is -2.26. The second-order valence-electron chi connectivity index (χ2n) is 3.48. The molecule has 0 bridgehead atoms. The van der Waals surface area contributed by atoms with Gasteiger partial charge in [0.05, 0.1) is 19.3 Å². The van der Waals surface area contributed by atoms with Crippen LogP contribution in [0.25, 0.3) is 0 Å². The molecular weight excluding hydrogens is 154 g/mol. The average molecular weight is 171 g/mol. The molecule has 1 aliphatic heterocycles. The van der Waals surface area contributed by atoms with Gasteiger partial charge >= 0.3 is 0 Å². The molecule has 1 fully saturated rings. The lowest BCUT2D eigenvalue weighted by Gasteiger charge is -2.14. The molecule has 3 heteroatoms. The summed E-state index contributed by atoms with van der Waals surface area (Å²) in [5.74, 6) is 0.361. The predicted molar refractivity (Wildman–Crippen MR) is 47.2 cm³/mol. The third-order valence-electron chi connectivity index (χ3n) is 1.97. The van der Waals surface area contributed by atoms with Gasteiger partial charge in [-0.2, -0.15) is 0 Å². The van der Waals surface area contributed by atoms with Gasteiger partial charge in [-0.3, -0.25) is 9.69 Å². The number of likely N-dealkylation sites (tertiary alicyclic amines) is 1. The van der Waals surface area contributed by atoms with Crippen LogP contribution in [0.3, 0.4) is 0 Å². The Labute approximate surface area is 73.7 Å². The van der Waals surface area contributed by atoms with Crippen LogP contribution in [-0.2, 0) is 9.53 Å². The van der Waals surface area contributed by atoms with Gasteiger partial charge in [0, 0.05) is 19.5 Å². The highest BCUT2D eigenvalue weighted by Gasteiger charge is 2.18. The number of rotatable bonds is 4. The first-order chi connectivity index (χ1) is 5.68. The van der Waals surface area contributed by atoms with Gasteiger partial charge in [0.1, 0.15) is 5.78 Å². The summed E-state index contributed by atoms with van der Waals surface area (Å²) < 4.78 is 5.39. The fourth-order valence-corrected chi connectivity index (χ4v) is 1.30. The Kier molecular flexibility index (Phi) is 3.69. The number of hydrogen-bond donors (Lipinski definition) is 0. The Hall–Kier alpha value is -0.410. The molecule has 0 saturated carbocycles. The Morgan fingerprint density at radius 3 is 2.83 bits per heavy atom. The van der Waals surface area contributed by atoms with E-state index in [9.17, 15) is 4.79 Å². The molecule has 1 aliphatic rings. The quantitative estimate of drug-likeness (QED) is 0.623. The van der Waals surface area contributed by atoms with Crippen molar-refractivity contribution in [1.82, 2.24) is 4.90 Å². The van der Waals surface area contributed by atoms with Gasteiger partial charge in [0.2, 0.25) is 0 Å². The van der Waals surface area contributed by atoms with Gasteiger partial charge in [-0.25, -0.2) is 0 Å². The van der Waals surface area contributed by atoms with Crippen molar-refractivity contribution in [3.8, 4) is 0 Å². The fourth-order valence-electron chi connectivity index (χ4n) is 1.30. The minimum atomic E-state index is 0.295. The third kappa shape index (κ3) is 3.32. The van der Waals surface area contributed by atoms with Crippen molar-refractivity contribution >= 4 is 5.78 Å². The fraction of sp³-hybridized carbons (Fsp3) is 0.889. The summed E-state index contributed by atoms with van der Waals surface area (Å²) in [6.45, 7) is 7.22. The third-order valence-corrected chi connectivity index (χ3v) is 1.97. The Morgan fingerprint density at radius 1 is 1.58 bits per heavy atom. The number of ether oxygens (including phenoxy) is 1. The Morgan fingerprint density at radius 2 is 2.33 bits per heavy atom. The molecule has 0 radical (unpaired) electrons. The zero-order valence-electron chi connectivity index (χ0n) is 7.88. The lowest BCUT2D eigenvalue weighted by atomic mass is 10.4. The molecule has 0 aromatic rings. The second kappa shape index (κ2) is 4.58. The zero-order valence-corrected chi connectivity index (χ0v) is 7.88. The summed E-state index contributed by atoms with van der Waals surface area (Å²) >= 11 is 0.